The summed E-state index contributed by atoms with van der Waals surface area (Å²) in [6.45, 7) is 0. The third-order valence-electron chi connectivity index (χ3n) is 1.94. The summed E-state index contributed by atoms with van der Waals surface area (Å²) in [7, 11) is -3.42. The fourth-order valence-electron chi connectivity index (χ4n) is 1.19. The summed E-state index contributed by atoms with van der Waals surface area (Å²) < 4.78 is 63.2. The highest BCUT2D eigenvalue weighted by molar-refractivity contribution is 7.86. The Hall–Kier alpha value is -1.24. The molecule has 3 nitrogen and oxygen atoms in total. The molecule has 0 N–H and O–H groups in total. The van der Waals surface area contributed by atoms with Crippen LogP contribution in [-0.4, -0.2) is 21.3 Å². The van der Waals surface area contributed by atoms with Crippen LogP contribution in [0, 0.1) is 11.6 Å². The van der Waals surface area contributed by atoms with E-state index in [-0.39, 0.29) is 17.7 Å². The number of ether oxygens (including phenoxy) is 1. The molecule has 90 valence electrons. The monoisotopic (exact) mass is 254 g/mol. The quantitative estimate of drug-likeness (QED) is 0.770. The molecule has 0 saturated heterocycles. The minimum atomic E-state index is -4.64. The Kier molecular flexibility index (Phi) is 3.79. The molecule has 0 fully saturated rings. The molecule has 0 atom stereocenters. The van der Waals surface area contributed by atoms with Crippen molar-refractivity contribution in [2.75, 3.05) is 12.9 Å². The second-order valence-corrected chi connectivity index (χ2v) is 4.56. The number of aryl methyl sites for hydroxylation is 1. The Morgan fingerprint density at radius 1 is 1.25 bits per heavy atom. The zero-order valence-electron chi connectivity index (χ0n) is 8.34. The molecule has 0 radical (unpaired) electrons. The molecule has 0 spiro atoms. The third kappa shape index (κ3) is 3.41. The molecule has 0 bridgehead atoms. The van der Waals surface area contributed by atoms with Crippen molar-refractivity contribution < 1.29 is 25.8 Å². The van der Waals surface area contributed by atoms with Gasteiger partial charge in [0.25, 0.3) is 0 Å². The van der Waals surface area contributed by atoms with Gasteiger partial charge in [0, 0.05) is 6.07 Å². The summed E-state index contributed by atoms with van der Waals surface area (Å²) in [4.78, 5) is 0. The first-order valence-electron chi connectivity index (χ1n) is 4.27. The van der Waals surface area contributed by atoms with Gasteiger partial charge < -0.3 is 4.74 Å². The maximum atomic E-state index is 12.8. The van der Waals surface area contributed by atoms with Gasteiger partial charge in [0.15, 0.2) is 11.6 Å². The highest BCUT2D eigenvalue weighted by Gasteiger charge is 2.14. The Balaban J connectivity index is 2.99. The van der Waals surface area contributed by atoms with Crippen LogP contribution < -0.4 is 4.74 Å². The zero-order valence-corrected chi connectivity index (χ0v) is 9.15. The molecule has 0 aliphatic rings. The molecule has 0 heterocycles. The van der Waals surface area contributed by atoms with Crippen molar-refractivity contribution in [2.45, 2.75) is 6.42 Å². The molecule has 1 rings (SSSR count). The number of rotatable bonds is 4. The van der Waals surface area contributed by atoms with E-state index < -0.39 is 27.6 Å². The SMILES string of the molecule is COc1cc(F)c(F)cc1CCS(=O)(=O)F. The van der Waals surface area contributed by atoms with Gasteiger partial charge in [-0.25, -0.2) is 8.78 Å². The zero-order chi connectivity index (χ0) is 12.3. The maximum Gasteiger partial charge on any atom is 0.302 e. The predicted octanol–water partition coefficient (Wildman–Crippen LogP) is 1.82. The van der Waals surface area contributed by atoms with Crippen LogP contribution >= 0.6 is 0 Å². The lowest BCUT2D eigenvalue weighted by atomic mass is 10.1. The Labute approximate surface area is 91.1 Å². The molecule has 1 aromatic carbocycles. The van der Waals surface area contributed by atoms with Crippen molar-refractivity contribution >= 4 is 10.2 Å². The van der Waals surface area contributed by atoms with Crippen molar-refractivity contribution in [1.29, 1.82) is 0 Å². The van der Waals surface area contributed by atoms with E-state index in [2.05, 4.69) is 0 Å². The number of benzene rings is 1. The first-order valence-corrected chi connectivity index (χ1v) is 5.83. The van der Waals surface area contributed by atoms with Gasteiger partial charge in [-0.1, -0.05) is 0 Å². The average Bonchev–Trinajstić information content (AvgIpc) is 2.18. The smallest absolute Gasteiger partial charge is 0.302 e. The van der Waals surface area contributed by atoms with Gasteiger partial charge in [-0.2, -0.15) is 8.42 Å². The van der Waals surface area contributed by atoms with E-state index in [1.54, 1.807) is 0 Å². The van der Waals surface area contributed by atoms with Gasteiger partial charge in [0.05, 0.1) is 12.9 Å². The largest absolute Gasteiger partial charge is 0.496 e. The van der Waals surface area contributed by atoms with Crippen LogP contribution in [0.5, 0.6) is 5.75 Å². The molecular weight excluding hydrogens is 245 g/mol. The van der Waals surface area contributed by atoms with E-state index in [0.717, 1.165) is 12.1 Å². The van der Waals surface area contributed by atoms with Crippen LogP contribution in [0.1, 0.15) is 5.56 Å². The summed E-state index contributed by atoms with van der Waals surface area (Å²) in [6.07, 6.45) is -0.279. The topological polar surface area (TPSA) is 43.4 Å². The lowest BCUT2D eigenvalue weighted by molar-refractivity contribution is 0.401. The minimum Gasteiger partial charge on any atom is -0.496 e. The standard InChI is InChI=1S/C9H9F3O3S/c1-15-9-5-8(11)7(10)4-6(9)2-3-16(12,13)14/h4-5H,2-3H2,1H3. The summed E-state index contributed by atoms with van der Waals surface area (Å²) in [5, 5.41) is 0. The van der Waals surface area contributed by atoms with E-state index in [4.69, 9.17) is 4.74 Å². The van der Waals surface area contributed by atoms with Gasteiger partial charge in [0.1, 0.15) is 5.75 Å². The lowest BCUT2D eigenvalue weighted by Crippen LogP contribution is -2.04. The molecule has 0 aromatic heterocycles. The first-order chi connectivity index (χ1) is 7.33. The van der Waals surface area contributed by atoms with E-state index in [1.165, 1.54) is 7.11 Å². The second kappa shape index (κ2) is 4.73. The summed E-state index contributed by atoms with van der Waals surface area (Å²) >= 11 is 0. The van der Waals surface area contributed by atoms with Crippen LogP contribution in [0.25, 0.3) is 0 Å². The van der Waals surface area contributed by atoms with Crippen molar-refractivity contribution in [2.24, 2.45) is 0 Å². The van der Waals surface area contributed by atoms with Gasteiger partial charge in [0.2, 0.25) is 0 Å². The first kappa shape index (κ1) is 12.8. The normalized spacial score (nSPS) is 11.5. The highest BCUT2D eigenvalue weighted by Crippen LogP contribution is 2.23. The Bertz CT molecular complexity index is 485. The fourth-order valence-corrected chi connectivity index (χ4v) is 1.65. The van der Waals surface area contributed by atoms with Crippen molar-refractivity contribution in [3.63, 3.8) is 0 Å². The molecule has 0 amide bonds. The average molecular weight is 254 g/mol. The van der Waals surface area contributed by atoms with Gasteiger partial charge in [-0.05, 0) is 18.1 Å². The van der Waals surface area contributed by atoms with E-state index in [9.17, 15) is 21.1 Å². The molecule has 0 unspecified atom stereocenters. The summed E-state index contributed by atoms with van der Waals surface area (Å²) in [5.41, 5.74) is 0.0997. The van der Waals surface area contributed by atoms with Crippen molar-refractivity contribution in [1.82, 2.24) is 0 Å². The van der Waals surface area contributed by atoms with Crippen LogP contribution in [0.2, 0.25) is 0 Å². The molecule has 16 heavy (non-hydrogen) atoms. The highest BCUT2D eigenvalue weighted by atomic mass is 32.3. The van der Waals surface area contributed by atoms with Gasteiger partial charge in [-0.3, -0.25) is 0 Å². The van der Waals surface area contributed by atoms with E-state index in [0.29, 0.717) is 0 Å². The van der Waals surface area contributed by atoms with E-state index in [1.807, 2.05) is 0 Å². The number of halogens is 3. The molecule has 0 aliphatic heterocycles. The molecule has 0 saturated carbocycles. The minimum absolute atomic E-state index is 0.0115. The predicted molar refractivity (Wildman–Crippen MR) is 51.5 cm³/mol. The maximum absolute atomic E-state index is 12.8. The van der Waals surface area contributed by atoms with Crippen LogP contribution in [0.15, 0.2) is 12.1 Å². The van der Waals surface area contributed by atoms with E-state index >= 15 is 0 Å². The molecule has 0 aliphatic carbocycles. The fraction of sp³-hybridized carbons (Fsp3) is 0.333. The lowest BCUT2D eigenvalue weighted by Gasteiger charge is -2.07. The van der Waals surface area contributed by atoms with Crippen LogP contribution in [0.3, 0.4) is 0 Å². The number of hydrogen-bond donors (Lipinski definition) is 0. The summed E-state index contributed by atoms with van der Waals surface area (Å²) in [6, 6.07) is 1.58. The Morgan fingerprint density at radius 3 is 2.31 bits per heavy atom. The Morgan fingerprint density at radius 2 is 1.81 bits per heavy atom. The van der Waals surface area contributed by atoms with Gasteiger partial charge >= 0.3 is 10.2 Å². The molecule has 7 heteroatoms. The second-order valence-electron chi connectivity index (χ2n) is 3.07. The third-order valence-corrected chi connectivity index (χ3v) is 2.63. The molecular formula is C9H9F3O3S. The van der Waals surface area contributed by atoms with Crippen molar-refractivity contribution in [3.8, 4) is 5.75 Å². The molecule has 1 aromatic rings. The van der Waals surface area contributed by atoms with Crippen LogP contribution in [-0.2, 0) is 16.6 Å². The van der Waals surface area contributed by atoms with Crippen LogP contribution in [0.4, 0.5) is 12.7 Å². The van der Waals surface area contributed by atoms with Crippen molar-refractivity contribution in [3.05, 3.63) is 29.3 Å². The van der Waals surface area contributed by atoms with Gasteiger partial charge in [-0.15, -0.1) is 3.89 Å². The number of methoxy groups -OCH3 is 1. The number of hydrogen-bond acceptors (Lipinski definition) is 3. The summed E-state index contributed by atoms with van der Waals surface area (Å²) in [5.74, 6) is -3.05.